The Bertz CT molecular complexity index is 322. The van der Waals surface area contributed by atoms with E-state index in [0.29, 0.717) is 11.8 Å². The summed E-state index contributed by atoms with van der Waals surface area (Å²) in [7, 11) is 1.62. The van der Waals surface area contributed by atoms with Crippen molar-refractivity contribution in [3.05, 3.63) is 12.2 Å². The van der Waals surface area contributed by atoms with Crippen molar-refractivity contribution < 1.29 is 14.3 Å². The second kappa shape index (κ2) is 2.40. The molecule has 5 atom stereocenters. The van der Waals surface area contributed by atoms with Crippen LogP contribution in [0.1, 0.15) is 13.3 Å². The molecule has 2 aliphatic carbocycles. The third-order valence-corrected chi connectivity index (χ3v) is 4.05. The van der Waals surface area contributed by atoms with E-state index in [1.807, 2.05) is 6.92 Å². The van der Waals surface area contributed by atoms with E-state index in [1.165, 1.54) is 0 Å². The number of esters is 1. The lowest BCUT2D eigenvalue weighted by atomic mass is 9.80. The van der Waals surface area contributed by atoms with E-state index < -0.39 is 5.79 Å². The van der Waals surface area contributed by atoms with Crippen molar-refractivity contribution in [1.82, 2.24) is 0 Å². The maximum absolute atomic E-state index is 11.7. The first kappa shape index (κ1) is 8.48. The van der Waals surface area contributed by atoms with Crippen molar-refractivity contribution in [1.29, 1.82) is 0 Å². The summed E-state index contributed by atoms with van der Waals surface area (Å²) < 4.78 is 10.7. The van der Waals surface area contributed by atoms with Gasteiger partial charge in [0.25, 0.3) is 0 Å². The molecule has 14 heavy (non-hydrogen) atoms. The molecule has 0 spiro atoms. The maximum Gasteiger partial charge on any atom is 0.312 e. The predicted octanol–water partition coefficient (Wildman–Crippen LogP) is 1.34. The number of ether oxygens (including phenoxy) is 2. The van der Waals surface area contributed by atoms with Crippen molar-refractivity contribution in [2.45, 2.75) is 19.1 Å². The number of cyclic esters (lactones) is 1. The van der Waals surface area contributed by atoms with Gasteiger partial charge in [0.05, 0.1) is 5.92 Å². The van der Waals surface area contributed by atoms with Crippen LogP contribution in [0.15, 0.2) is 12.2 Å². The molecule has 0 aromatic rings. The molecular formula is C11H14O3. The summed E-state index contributed by atoms with van der Waals surface area (Å²) in [5, 5.41) is 0. The molecule has 3 heteroatoms. The topological polar surface area (TPSA) is 35.5 Å². The Kier molecular flexibility index (Phi) is 1.45. The van der Waals surface area contributed by atoms with Crippen LogP contribution in [0.3, 0.4) is 0 Å². The molecule has 1 saturated heterocycles. The number of hydrogen-bond donors (Lipinski definition) is 0. The van der Waals surface area contributed by atoms with Gasteiger partial charge in [0.15, 0.2) is 0 Å². The third kappa shape index (κ3) is 0.793. The van der Waals surface area contributed by atoms with Crippen LogP contribution in [0.5, 0.6) is 0 Å². The van der Waals surface area contributed by atoms with Crippen LogP contribution in [0.25, 0.3) is 0 Å². The molecule has 1 heterocycles. The lowest BCUT2D eigenvalue weighted by Crippen LogP contribution is -2.37. The molecule has 0 aromatic carbocycles. The molecule has 0 N–H and O–H groups in total. The standard InChI is InChI=1S/C11H14O3/c1-11(13-2)9-7-4-3-6(5-7)8(9)10(12)14-11/h3-4,6-9H,5H2,1-2H3/t6-,7+,8+,9-,11+/m1/s1. The molecule has 3 rings (SSSR count). The second-order valence-corrected chi connectivity index (χ2v) is 4.64. The van der Waals surface area contributed by atoms with Crippen molar-refractivity contribution in [3.8, 4) is 0 Å². The summed E-state index contributed by atoms with van der Waals surface area (Å²) in [6.45, 7) is 1.88. The zero-order valence-electron chi connectivity index (χ0n) is 8.40. The number of methoxy groups -OCH3 is 1. The van der Waals surface area contributed by atoms with E-state index in [-0.39, 0.29) is 17.8 Å². The second-order valence-electron chi connectivity index (χ2n) is 4.64. The van der Waals surface area contributed by atoms with E-state index >= 15 is 0 Å². The molecule has 0 unspecified atom stereocenters. The Balaban J connectivity index is 2.03. The first-order valence-corrected chi connectivity index (χ1v) is 5.12. The van der Waals surface area contributed by atoms with Crippen LogP contribution in [-0.2, 0) is 14.3 Å². The van der Waals surface area contributed by atoms with Crippen molar-refractivity contribution in [2.75, 3.05) is 7.11 Å². The summed E-state index contributed by atoms with van der Waals surface area (Å²) in [5.41, 5.74) is 0. The van der Waals surface area contributed by atoms with Gasteiger partial charge in [-0.2, -0.15) is 0 Å². The van der Waals surface area contributed by atoms with Crippen LogP contribution in [0.4, 0.5) is 0 Å². The van der Waals surface area contributed by atoms with Gasteiger partial charge in [-0.25, -0.2) is 0 Å². The number of fused-ring (bicyclic) bond motifs is 5. The molecule has 1 aliphatic heterocycles. The van der Waals surface area contributed by atoms with Crippen molar-refractivity contribution in [3.63, 3.8) is 0 Å². The Morgan fingerprint density at radius 2 is 2.21 bits per heavy atom. The van der Waals surface area contributed by atoms with Gasteiger partial charge in [0.1, 0.15) is 0 Å². The van der Waals surface area contributed by atoms with Gasteiger partial charge in [-0.3, -0.25) is 4.79 Å². The average molecular weight is 194 g/mol. The summed E-state index contributed by atoms with van der Waals surface area (Å²) >= 11 is 0. The first-order valence-electron chi connectivity index (χ1n) is 5.12. The van der Waals surface area contributed by atoms with Gasteiger partial charge in [-0.1, -0.05) is 12.2 Å². The molecule has 3 nitrogen and oxygen atoms in total. The largest absolute Gasteiger partial charge is 0.433 e. The number of carbonyl (C=O) groups is 1. The number of rotatable bonds is 1. The number of hydrogen-bond acceptors (Lipinski definition) is 3. The van der Waals surface area contributed by atoms with Crippen LogP contribution in [0, 0.1) is 23.7 Å². The minimum Gasteiger partial charge on any atom is -0.433 e. The van der Waals surface area contributed by atoms with Crippen LogP contribution in [0.2, 0.25) is 0 Å². The Hall–Kier alpha value is -0.830. The SMILES string of the molecule is CO[C@@]1(C)OC(=O)[C@@H]2[C@H]1[C@H]1C=C[C@@H]2C1. The van der Waals surface area contributed by atoms with Gasteiger partial charge in [0.2, 0.25) is 5.79 Å². The number of carbonyl (C=O) groups excluding carboxylic acids is 1. The molecule has 1 saturated carbocycles. The molecular weight excluding hydrogens is 180 g/mol. The molecule has 2 bridgehead atoms. The lowest BCUT2D eigenvalue weighted by Gasteiger charge is -2.30. The van der Waals surface area contributed by atoms with E-state index in [1.54, 1.807) is 7.11 Å². The lowest BCUT2D eigenvalue weighted by molar-refractivity contribution is -0.209. The Morgan fingerprint density at radius 3 is 2.93 bits per heavy atom. The summed E-state index contributed by atoms with van der Waals surface area (Å²) in [6, 6.07) is 0. The summed E-state index contributed by atoms with van der Waals surface area (Å²) in [5.74, 6) is 0.392. The van der Waals surface area contributed by atoms with E-state index in [2.05, 4.69) is 12.2 Å². The fourth-order valence-corrected chi connectivity index (χ4v) is 3.37. The monoisotopic (exact) mass is 194 g/mol. The zero-order chi connectivity index (χ0) is 9.92. The van der Waals surface area contributed by atoms with Crippen LogP contribution in [-0.4, -0.2) is 18.9 Å². The molecule has 2 fully saturated rings. The van der Waals surface area contributed by atoms with E-state index in [9.17, 15) is 4.79 Å². The fourth-order valence-electron chi connectivity index (χ4n) is 3.37. The highest BCUT2D eigenvalue weighted by atomic mass is 16.7. The number of allylic oxidation sites excluding steroid dienone is 2. The highest BCUT2D eigenvalue weighted by Gasteiger charge is 2.63. The maximum atomic E-state index is 11.7. The molecule has 0 amide bonds. The highest BCUT2D eigenvalue weighted by molar-refractivity contribution is 5.77. The van der Waals surface area contributed by atoms with Crippen LogP contribution >= 0.6 is 0 Å². The van der Waals surface area contributed by atoms with E-state index in [4.69, 9.17) is 9.47 Å². The fraction of sp³-hybridized carbons (Fsp3) is 0.727. The Labute approximate surface area is 83.1 Å². The summed E-state index contributed by atoms with van der Waals surface area (Å²) in [6.07, 6.45) is 5.48. The Morgan fingerprint density at radius 1 is 1.50 bits per heavy atom. The first-order chi connectivity index (χ1) is 6.65. The molecule has 76 valence electrons. The van der Waals surface area contributed by atoms with Crippen molar-refractivity contribution >= 4 is 5.97 Å². The van der Waals surface area contributed by atoms with E-state index in [0.717, 1.165) is 6.42 Å². The predicted molar refractivity (Wildman–Crippen MR) is 49.2 cm³/mol. The normalized spacial score (nSPS) is 53.7. The molecule has 0 radical (unpaired) electrons. The van der Waals surface area contributed by atoms with Gasteiger partial charge < -0.3 is 9.47 Å². The van der Waals surface area contributed by atoms with Crippen molar-refractivity contribution in [2.24, 2.45) is 23.7 Å². The molecule has 0 aromatic heterocycles. The smallest absolute Gasteiger partial charge is 0.312 e. The zero-order valence-corrected chi connectivity index (χ0v) is 8.40. The van der Waals surface area contributed by atoms with Gasteiger partial charge in [-0.15, -0.1) is 0 Å². The minimum absolute atomic E-state index is 0.0509. The summed E-state index contributed by atoms with van der Waals surface area (Å²) in [4.78, 5) is 11.7. The van der Waals surface area contributed by atoms with Gasteiger partial charge in [-0.05, 0) is 18.3 Å². The quantitative estimate of drug-likeness (QED) is 0.467. The minimum atomic E-state index is -0.689. The van der Waals surface area contributed by atoms with Crippen LogP contribution < -0.4 is 0 Å². The third-order valence-electron chi connectivity index (χ3n) is 4.05. The molecule has 3 aliphatic rings. The average Bonchev–Trinajstić information content (AvgIpc) is 2.80. The van der Waals surface area contributed by atoms with Gasteiger partial charge >= 0.3 is 5.97 Å². The highest BCUT2D eigenvalue weighted by Crippen LogP contribution is 2.57. The van der Waals surface area contributed by atoms with Gasteiger partial charge in [0, 0.05) is 20.0 Å².